The Morgan fingerprint density at radius 3 is 1.88 bits per heavy atom. The van der Waals surface area contributed by atoms with Crippen molar-refractivity contribution in [1.29, 1.82) is 0 Å². The molecule has 1 saturated heterocycles. The molecular formula is C19H34N2O5. The SMILES string of the molecule is CN(C(=O)OC(C)(C)C)C(CC(=O)OC(C)(C)C)C(=O)N1CCCCC1. The predicted octanol–water partition coefficient (Wildman–Crippen LogP) is 2.97. The first-order valence-corrected chi connectivity index (χ1v) is 9.26. The molecule has 0 spiro atoms. The van der Waals surface area contributed by atoms with Crippen LogP contribution in [0.3, 0.4) is 0 Å². The molecule has 2 amide bonds. The first kappa shape index (κ1) is 22.3. The number of carbonyl (C=O) groups is 3. The number of amides is 2. The van der Waals surface area contributed by atoms with E-state index in [4.69, 9.17) is 9.47 Å². The monoisotopic (exact) mass is 370 g/mol. The largest absolute Gasteiger partial charge is 0.460 e. The molecule has 1 rings (SSSR count). The second kappa shape index (κ2) is 8.73. The Morgan fingerprint density at radius 2 is 1.42 bits per heavy atom. The van der Waals surface area contributed by atoms with Crippen LogP contribution in [0.5, 0.6) is 0 Å². The topological polar surface area (TPSA) is 76.1 Å². The third kappa shape index (κ3) is 7.62. The quantitative estimate of drug-likeness (QED) is 0.711. The van der Waals surface area contributed by atoms with E-state index in [9.17, 15) is 14.4 Å². The minimum Gasteiger partial charge on any atom is -0.460 e. The lowest BCUT2D eigenvalue weighted by atomic mass is 10.1. The lowest BCUT2D eigenvalue weighted by Gasteiger charge is -2.35. The smallest absolute Gasteiger partial charge is 0.410 e. The minimum absolute atomic E-state index is 0.192. The molecule has 7 nitrogen and oxygen atoms in total. The van der Waals surface area contributed by atoms with Crippen LogP contribution < -0.4 is 0 Å². The van der Waals surface area contributed by atoms with E-state index in [0.29, 0.717) is 13.1 Å². The van der Waals surface area contributed by atoms with E-state index in [1.54, 1.807) is 46.4 Å². The number of hydrogen-bond donors (Lipinski definition) is 0. The molecular weight excluding hydrogens is 336 g/mol. The van der Waals surface area contributed by atoms with Gasteiger partial charge in [0.2, 0.25) is 5.91 Å². The van der Waals surface area contributed by atoms with Crippen molar-refractivity contribution in [3.05, 3.63) is 0 Å². The van der Waals surface area contributed by atoms with Crippen molar-refractivity contribution >= 4 is 18.0 Å². The fraction of sp³-hybridized carbons (Fsp3) is 0.842. The fourth-order valence-corrected chi connectivity index (χ4v) is 2.72. The van der Waals surface area contributed by atoms with Gasteiger partial charge in [-0.2, -0.15) is 0 Å². The second-order valence-corrected chi connectivity index (χ2v) is 8.78. The van der Waals surface area contributed by atoms with Crippen LogP contribution in [0.25, 0.3) is 0 Å². The average Bonchev–Trinajstić information content (AvgIpc) is 2.48. The van der Waals surface area contributed by atoms with Crippen molar-refractivity contribution in [2.75, 3.05) is 20.1 Å². The van der Waals surface area contributed by atoms with Crippen molar-refractivity contribution in [1.82, 2.24) is 9.80 Å². The number of ether oxygens (including phenoxy) is 2. The van der Waals surface area contributed by atoms with Gasteiger partial charge in [-0.15, -0.1) is 0 Å². The highest BCUT2D eigenvalue weighted by molar-refractivity contribution is 5.89. The van der Waals surface area contributed by atoms with E-state index in [0.717, 1.165) is 19.3 Å². The maximum absolute atomic E-state index is 13.0. The molecule has 0 N–H and O–H groups in total. The van der Waals surface area contributed by atoms with Crippen molar-refractivity contribution in [3.8, 4) is 0 Å². The van der Waals surface area contributed by atoms with E-state index in [1.165, 1.54) is 11.9 Å². The Bertz CT molecular complexity index is 513. The van der Waals surface area contributed by atoms with Crippen LogP contribution in [-0.4, -0.2) is 65.2 Å². The minimum atomic E-state index is -0.933. The average molecular weight is 370 g/mol. The molecule has 0 aromatic carbocycles. The van der Waals surface area contributed by atoms with Crippen LogP contribution in [0.15, 0.2) is 0 Å². The van der Waals surface area contributed by atoms with Gasteiger partial charge < -0.3 is 14.4 Å². The summed E-state index contributed by atoms with van der Waals surface area (Å²) < 4.78 is 10.7. The summed E-state index contributed by atoms with van der Waals surface area (Å²) in [7, 11) is 1.49. The summed E-state index contributed by atoms with van der Waals surface area (Å²) in [5.41, 5.74) is -1.34. The second-order valence-electron chi connectivity index (χ2n) is 8.78. The van der Waals surface area contributed by atoms with Crippen LogP contribution in [0.2, 0.25) is 0 Å². The highest BCUT2D eigenvalue weighted by atomic mass is 16.6. The van der Waals surface area contributed by atoms with Gasteiger partial charge in [-0.1, -0.05) is 0 Å². The van der Waals surface area contributed by atoms with Crippen LogP contribution in [0.1, 0.15) is 67.2 Å². The molecule has 0 aromatic heterocycles. The molecule has 1 fully saturated rings. The number of nitrogens with zero attached hydrogens (tertiary/aromatic N) is 2. The molecule has 1 atom stereocenters. The number of rotatable bonds is 4. The molecule has 1 aliphatic heterocycles. The number of esters is 1. The van der Waals surface area contributed by atoms with Crippen LogP contribution >= 0.6 is 0 Å². The van der Waals surface area contributed by atoms with Crippen molar-refractivity contribution in [3.63, 3.8) is 0 Å². The van der Waals surface area contributed by atoms with Gasteiger partial charge in [-0.3, -0.25) is 14.5 Å². The molecule has 0 bridgehead atoms. The summed E-state index contributed by atoms with van der Waals surface area (Å²) in [4.78, 5) is 40.6. The summed E-state index contributed by atoms with van der Waals surface area (Å²) in [6.45, 7) is 11.9. The molecule has 26 heavy (non-hydrogen) atoms. The van der Waals surface area contributed by atoms with Gasteiger partial charge in [-0.25, -0.2) is 4.79 Å². The van der Waals surface area contributed by atoms with E-state index < -0.39 is 29.3 Å². The summed E-state index contributed by atoms with van der Waals surface area (Å²) in [5, 5.41) is 0. The van der Waals surface area contributed by atoms with Gasteiger partial charge >= 0.3 is 12.1 Å². The van der Waals surface area contributed by atoms with E-state index in [2.05, 4.69) is 0 Å². The summed E-state index contributed by atoms with van der Waals surface area (Å²) in [6.07, 6.45) is 2.13. The fourth-order valence-electron chi connectivity index (χ4n) is 2.72. The number of carbonyl (C=O) groups excluding carboxylic acids is 3. The Balaban J connectivity index is 2.94. The zero-order chi connectivity index (χ0) is 20.1. The van der Waals surface area contributed by atoms with Gasteiger partial charge in [0.1, 0.15) is 17.2 Å². The zero-order valence-corrected chi connectivity index (χ0v) is 17.3. The first-order valence-electron chi connectivity index (χ1n) is 9.26. The normalized spacial score (nSPS) is 16.7. The molecule has 0 radical (unpaired) electrons. The zero-order valence-electron chi connectivity index (χ0n) is 17.3. The predicted molar refractivity (Wildman–Crippen MR) is 98.7 cm³/mol. The van der Waals surface area contributed by atoms with Crippen molar-refractivity contribution in [2.24, 2.45) is 0 Å². The summed E-state index contributed by atoms with van der Waals surface area (Å²) >= 11 is 0. The molecule has 1 unspecified atom stereocenters. The lowest BCUT2D eigenvalue weighted by molar-refractivity contribution is -0.158. The molecule has 0 aromatic rings. The van der Waals surface area contributed by atoms with Crippen LogP contribution in [0.4, 0.5) is 4.79 Å². The number of piperidine rings is 1. The third-order valence-electron chi connectivity index (χ3n) is 3.88. The number of likely N-dealkylation sites (N-methyl/N-ethyl adjacent to an activating group) is 1. The van der Waals surface area contributed by atoms with Crippen LogP contribution in [-0.2, 0) is 19.1 Å². The van der Waals surface area contributed by atoms with E-state index >= 15 is 0 Å². The number of hydrogen-bond acceptors (Lipinski definition) is 5. The Kier molecular flexibility index (Phi) is 7.47. The van der Waals surface area contributed by atoms with Gasteiger partial charge in [0.25, 0.3) is 0 Å². The Morgan fingerprint density at radius 1 is 0.923 bits per heavy atom. The van der Waals surface area contributed by atoms with Crippen molar-refractivity contribution < 1.29 is 23.9 Å². The maximum Gasteiger partial charge on any atom is 0.410 e. The van der Waals surface area contributed by atoms with E-state index in [1.807, 2.05) is 0 Å². The van der Waals surface area contributed by atoms with Gasteiger partial charge in [0.15, 0.2) is 0 Å². The molecule has 0 aliphatic carbocycles. The molecule has 7 heteroatoms. The van der Waals surface area contributed by atoms with Gasteiger partial charge in [-0.05, 0) is 60.8 Å². The Labute approximate surface area is 157 Å². The van der Waals surface area contributed by atoms with Crippen molar-refractivity contribution in [2.45, 2.75) is 84.5 Å². The lowest BCUT2D eigenvalue weighted by Crippen LogP contribution is -2.52. The molecule has 150 valence electrons. The first-order chi connectivity index (χ1) is 11.8. The number of likely N-dealkylation sites (tertiary alicyclic amines) is 1. The van der Waals surface area contributed by atoms with Crippen LogP contribution in [0, 0.1) is 0 Å². The maximum atomic E-state index is 13.0. The highest BCUT2D eigenvalue weighted by Gasteiger charge is 2.36. The standard InChI is InChI=1S/C19H34N2O5/c1-18(2,3)25-15(22)13-14(16(23)21-11-9-8-10-12-21)20(7)17(24)26-19(4,5)6/h14H,8-13H2,1-7H3. The summed E-state index contributed by atoms with van der Waals surface area (Å²) in [5.74, 6) is -0.743. The molecule has 0 saturated carbocycles. The van der Waals surface area contributed by atoms with E-state index in [-0.39, 0.29) is 12.3 Å². The Hall–Kier alpha value is -1.79. The van der Waals surface area contributed by atoms with Gasteiger partial charge in [0, 0.05) is 20.1 Å². The molecule has 1 heterocycles. The molecule has 1 aliphatic rings. The highest BCUT2D eigenvalue weighted by Crippen LogP contribution is 2.18. The summed E-state index contributed by atoms with van der Waals surface area (Å²) in [6, 6.07) is -0.933. The van der Waals surface area contributed by atoms with Gasteiger partial charge in [0.05, 0.1) is 6.42 Å². The third-order valence-corrected chi connectivity index (χ3v) is 3.88.